The van der Waals surface area contributed by atoms with Crippen molar-refractivity contribution >= 4 is 0 Å². The van der Waals surface area contributed by atoms with Gasteiger partial charge in [-0.1, -0.05) is 6.08 Å². The Hall–Kier alpha value is -0.590. The molecule has 1 aliphatic carbocycles. The predicted molar refractivity (Wildman–Crippen MR) is 36.8 cm³/mol. The molecule has 0 spiro atoms. The number of rotatable bonds is 0. The van der Waals surface area contributed by atoms with E-state index in [0.29, 0.717) is 0 Å². The summed E-state index contributed by atoms with van der Waals surface area (Å²) in [6, 6.07) is 0. The van der Waals surface area contributed by atoms with Crippen molar-refractivity contribution in [1.82, 2.24) is 0 Å². The highest BCUT2D eigenvalue weighted by Gasteiger charge is 2.07. The quantitative estimate of drug-likeness (QED) is 0.468. The summed E-state index contributed by atoms with van der Waals surface area (Å²) >= 11 is 0. The maximum atomic E-state index is 12.8. The van der Waals surface area contributed by atoms with Gasteiger partial charge in [0.1, 0.15) is 5.83 Å². The van der Waals surface area contributed by atoms with Gasteiger partial charge in [-0.25, -0.2) is 4.39 Å². The van der Waals surface area contributed by atoms with Gasteiger partial charge in [0.15, 0.2) is 0 Å². The van der Waals surface area contributed by atoms with E-state index in [1.807, 2.05) is 19.9 Å². The molecular weight excluding hydrogens is 115 g/mol. The van der Waals surface area contributed by atoms with Gasteiger partial charge in [-0.05, 0) is 37.8 Å². The van der Waals surface area contributed by atoms with Crippen molar-refractivity contribution in [3.8, 4) is 0 Å². The summed E-state index contributed by atoms with van der Waals surface area (Å²) in [7, 11) is 0. The molecule has 1 aliphatic rings. The van der Waals surface area contributed by atoms with Crippen LogP contribution < -0.4 is 0 Å². The van der Waals surface area contributed by atoms with Crippen LogP contribution in [0.25, 0.3) is 0 Å². The Morgan fingerprint density at radius 3 is 2.56 bits per heavy atom. The van der Waals surface area contributed by atoms with E-state index in [1.54, 1.807) is 0 Å². The van der Waals surface area contributed by atoms with E-state index in [2.05, 4.69) is 0 Å². The Bertz CT molecular complexity index is 175. The molecule has 1 heteroatoms. The molecule has 0 saturated carbocycles. The van der Waals surface area contributed by atoms with Crippen molar-refractivity contribution < 1.29 is 4.39 Å². The van der Waals surface area contributed by atoms with Crippen LogP contribution in [0.5, 0.6) is 0 Å². The summed E-state index contributed by atoms with van der Waals surface area (Å²) in [5, 5.41) is 0. The minimum Gasteiger partial charge on any atom is -0.207 e. The van der Waals surface area contributed by atoms with Gasteiger partial charge in [0, 0.05) is 0 Å². The molecule has 0 fully saturated rings. The van der Waals surface area contributed by atoms with Crippen LogP contribution in [-0.4, -0.2) is 0 Å². The molecule has 0 bridgehead atoms. The summed E-state index contributed by atoms with van der Waals surface area (Å²) in [4.78, 5) is 0. The van der Waals surface area contributed by atoms with Gasteiger partial charge in [0.2, 0.25) is 0 Å². The van der Waals surface area contributed by atoms with Crippen molar-refractivity contribution in [3.05, 3.63) is 23.0 Å². The monoisotopic (exact) mass is 126 g/mol. The van der Waals surface area contributed by atoms with Crippen LogP contribution in [-0.2, 0) is 0 Å². The zero-order valence-corrected chi connectivity index (χ0v) is 5.87. The topological polar surface area (TPSA) is 0 Å². The third kappa shape index (κ3) is 1.21. The van der Waals surface area contributed by atoms with Crippen LogP contribution in [0, 0.1) is 0 Å². The van der Waals surface area contributed by atoms with Crippen molar-refractivity contribution in [2.24, 2.45) is 0 Å². The molecule has 50 valence electrons. The molecule has 0 aromatic carbocycles. The summed E-state index contributed by atoms with van der Waals surface area (Å²) < 4.78 is 12.8. The van der Waals surface area contributed by atoms with Gasteiger partial charge in [-0.3, -0.25) is 0 Å². The smallest absolute Gasteiger partial charge is 0.124 e. The van der Waals surface area contributed by atoms with E-state index in [-0.39, 0.29) is 5.83 Å². The lowest BCUT2D eigenvalue weighted by atomic mass is 10.0. The fourth-order valence-electron chi connectivity index (χ4n) is 1.04. The Kier molecular flexibility index (Phi) is 1.70. The average Bonchev–Trinajstić information content (AvgIpc) is 1.83. The standard InChI is InChI=1S/C8H11F/c1-6-4-3-5-7(2)8(6)9/h4H,3,5H2,1-2H3. The van der Waals surface area contributed by atoms with Gasteiger partial charge in [0.05, 0.1) is 0 Å². The second-order valence-electron chi connectivity index (χ2n) is 2.52. The molecule has 0 atom stereocenters. The molecule has 0 saturated heterocycles. The summed E-state index contributed by atoms with van der Waals surface area (Å²) in [5.41, 5.74) is 1.70. The van der Waals surface area contributed by atoms with E-state index in [0.717, 1.165) is 24.0 Å². The van der Waals surface area contributed by atoms with E-state index in [9.17, 15) is 4.39 Å². The maximum absolute atomic E-state index is 12.8. The van der Waals surface area contributed by atoms with E-state index in [4.69, 9.17) is 0 Å². The second kappa shape index (κ2) is 2.34. The van der Waals surface area contributed by atoms with Crippen molar-refractivity contribution in [3.63, 3.8) is 0 Å². The highest BCUT2D eigenvalue weighted by atomic mass is 19.1. The molecule has 1 rings (SSSR count). The normalized spacial score (nSPS) is 20.1. The lowest BCUT2D eigenvalue weighted by Gasteiger charge is -2.08. The number of hydrogen-bond donors (Lipinski definition) is 0. The van der Waals surface area contributed by atoms with E-state index >= 15 is 0 Å². The Morgan fingerprint density at radius 2 is 2.11 bits per heavy atom. The SMILES string of the molecule is CC1=CCCC(C)=C1F. The molecule has 0 unspecified atom stereocenters. The minimum atomic E-state index is 0.00116. The molecule has 0 N–H and O–H groups in total. The summed E-state index contributed by atoms with van der Waals surface area (Å²) in [6.07, 6.45) is 3.84. The van der Waals surface area contributed by atoms with Gasteiger partial charge in [-0.2, -0.15) is 0 Å². The molecule has 0 heterocycles. The number of halogens is 1. The van der Waals surface area contributed by atoms with Crippen LogP contribution in [0.15, 0.2) is 23.0 Å². The lowest BCUT2D eigenvalue weighted by molar-refractivity contribution is 0.619. The molecule has 0 aromatic heterocycles. The Morgan fingerprint density at radius 1 is 1.44 bits per heavy atom. The third-order valence-electron chi connectivity index (χ3n) is 1.69. The number of hydrogen-bond acceptors (Lipinski definition) is 0. The number of allylic oxidation sites excluding steroid dienone is 4. The zero-order valence-electron chi connectivity index (χ0n) is 5.87. The van der Waals surface area contributed by atoms with Crippen molar-refractivity contribution in [2.45, 2.75) is 26.7 Å². The molecule has 0 nitrogen and oxygen atoms in total. The largest absolute Gasteiger partial charge is 0.207 e. The molecule has 0 amide bonds. The first kappa shape index (κ1) is 6.53. The fraction of sp³-hybridized carbons (Fsp3) is 0.500. The first-order valence-corrected chi connectivity index (χ1v) is 3.24. The van der Waals surface area contributed by atoms with Crippen LogP contribution >= 0.6 is 0 Å². The van der Waals surface area contributed by atoms with E-state index in [1.165, 1.54) is 0 Å². The minimum absolute atomic E-state index is 0.00116. The van der Waals surface area contributed by atoms with E-state index < -0.39 is 0 Å². The summed E-state index contributed by atoms with van der Waals surface area (Å²) in [5.74, 6) is 0.00116. The zero-order chi connectivity index (χ0) is 6.85. The van der Waals surface area contributed by atoms with Crippen molar-refractivity contribution in [1.29, 1.82) is 0 Å². The molecule has 0 aromatic rings. The first-order chi connectivity index (χ1) is 4.22. The molecule has 9 heavy (non-hydrogen) atoms. The van der Waals surface area contributed by atoms with Crippen LogP contribution in [0.3, 0.4) is 0 Å². The molecule has 0 radical (unpaired) electrons. The van der Waals surface area contributed by atoms with Gasteiger partial charge in [-0.15, -0.1) is 0 Å². The lowest BCUT2D eigenvalue weighted by Crippen LogP contribution is -1.91. The fourth-order valence-corrected chi connectivity index (χ4v) is 1.04. The second-order valence-corrected chi connectivity index (χ2v) is 2.52. The van der Waals surface area contributed by atoms with Crippen molar-refractivity contribution in [2.75, 3.05) is 0 Å². The van der Waals surface area contributed by atoms with Crippen LogP contribution in [0.2, 0.25) is 0 Å². The first-order valence-electron chi connectivity index (χ1n) is 3.24. The summed E-state index contributed by atoms with van der Waals surface area (Å²) in [6.45, 7) is 3.67. The van der Waals surface area contributed by atoms with Crippen LogP contribution in [0.1, 0.15) is 26.7 Å². The van der Waals surface area contributed by atoms with Crippen LogP contribution in [0.4, 0.5) is 4.39 Å². The average molecular weight is 126 g/mol. The third-order valence-corrected chi connectivity index (χ3v) is 1.69. The maximum Gasteiger partial charge on any atom is 0.124 e. The molecular formula is C8H11F. The predicted octanol–water partition coefficient (Wildman–Crippen LogP) is 2.97. The highest BCUT2D eigenvalue weighted by molar-refractivity contribution is 5.30. The van der Waals surface area contributed by atoms with Gasteiger partial charge >= 0.3 is 0 Å². The highest BCUT2D eigenvalue weighted by Crippen LogP contribution is 2.24. The Labute approximate surface area is 55.1 Å². The Balaban J connectivity index is 2.88. The van der Waals surface area contributed by atoms with Gasteiger partial charge in [0.25, 0.3) is 0 Å². The van der Waals surface area contributed by atoms with Gasteiger partial charge < -0.3 is 0 Å². The molecule has 0 aliphatic heterocycles.